The van der Waals surface area contributed by atoms with Gasteiger partial charge in [-0.2, -0.15) is 0 Å². The fourth-order valence-electron chi connectivity index (χ4n) is 4.22. The van der Waals surface area contributed by atoms with Crippen molar-refractivity contribution in [2.45, 2.75) is 18.4 Å². The van der Waals surface area contributed by atoms with Crippen LogP contribution in [0, 0.1) is 18.3 Å². The molecule has 1 aromatic carbocycles. The first-order valence-electron chi connectivity index (χ1n) is 8.37. The molecule has 0 radical (unpaired) electrons. The van der Waals surface area contributed by atoms with Gasteiger partial charge in [0.1, 0.15) is 5.54 Å². The summed E-state index contributed by atoms with van der Waals surface area (Å²) in [6.45, 7) is 1.88. The van der Waals surface area contributed by atoms with Crippen LogP contribution in [0.3, 0.4) is 0 Å². The van der Waals surface area contributed by atoms with Crippen LogP contribution in [0.15, 0.2) is 24.3 Å². The number of primary amides is 1. The Morgan fingerprint density at radius 3 is 2.62 bits per heavy atom. The van der Waals surface area contributed by atoms with Crippen molar-refractivity contribution >= 4 is 23.5 Å². The fourth-order valence-corrected chi connectivity index (χ4v) is 4.22. The summed E-state index contributed by atoms with van der Waals surface area (Å²) in [6.07, 6.45) is 5.47. The third kappa shape index (κ3) is 2.25. The lowest BCUT2D eigenvalue weighted by Gasteiger charge is -2.46. The van der Waals surface area contributed by atoms with Crippen molar-refractivity contribution in [1.82, 2.24) is 9.80 Å². The highest BCUT2D eigenvalue weighted by atomic mass is 16.2. The van der Waals surface area contributed by atoms with E-state index in [0.717, 1.165) is 5.56 Å². The molecule has 2 aliphatic rings. The fraction of sp³-hybridized carbons (Fsp3) is 0.421. The van der Waals surface area contributed by atoms with Gasteiger partial charge in [0.2, 0.25) is 5.91 Å². The zero-order chi connectivity index (χ0) is 19.2. The smallest absolute Gasteiger partial charge is 0.320 e. The van der Waals surface area contributed by atoms with E-state index < -0.39 is 23.3 Å². The van der Waals surface area contributed by atoms with Crippen molar-refractivity contribution < 1.29 is 14.4 Å². The van der Waals surface area contributed by atoms with Crippen molar-refractivity contribution in [1.29, 1.82) is 0 Å². The zero-order valence-corrected chi connectivity index (χ0v) is 15.1. The summed E-state index contributed by atoms with van der Waals surface area (Å²) >= 11 is 0. The Kier molecular flexibility index (Phi) is 4.15. The van der Waals surface area contributed by atoms with Gasteiger partial charge in [0, 0.05) is 32.2 Å². The molecule has 136 valence electrons. The number of nitrogens with zero attached hydrogens (tertiary/aromatic N) is 3. The highest BCUT2D eigenvalue weighted by molar-refractivity contribution is 6.07. The minimum atomic E-state index is -1.23. The molecule has 2 N–H and O–H groups in total. The first-order valence-corrected chi connectivity index (χ1v) is 8.37. The van der Waals surface area contributed by atoms with Gasteiger partial charge in [-0.05, 0) is 18.6 Å². The second kappa shape index (κ2) is 6.06. The number of hydrogen-bond donors (Lipinski definition) is 1. The molecular weight excluding hydrogens is 332 g/mol. The van der Waals surface area contributed by atoms with Gasteiger partial charge in [-0.3, -0.25) is 14.5 Å². The lowest BCUT2D eigenvalue weighted by Crippen LogP contribution is -2.63. The second-order valence-electron chi connectivity index (χ2n) is 7.08. The van der Waals surface area contributed by atoms with E-state index in [2.05, 4.69) is 5.92 Å². The second-order valence-corrected chi connectivity index (χ2v) is 7.08. The molecule has 0 saturated carbocycles. The molecule has 1 saturated heterocycles. The number of amides is 4. The zero-order valence-electron chi connectivity index (χ0n) is 15.1. The number of carbonyl (C=O) groups excluding carboxylic acids is 3. The normalized spacial score (nSPS) is 26.8. The Morgan fingerprint density at radius 1 is 1.38 bits per heavy atom. The quantitative estimate of drug-likeness (QED) is 0.790. The molecule has 0 unspecified atom stereocenters. The maximum atomic E-state index is 13.5. The molecule has 2 heterocycles. The van der Waals surface area contributed by atoms with Crippen molar-refractivity contribution in [2.24, 2.45) is 11.7 Å². The van der Waals surface area contributed by atoms with E-state index in [1.165, 1.54) is 14.7 Å². The van der Waals surface area contributed by atoms with Crippen LogP contribution in [0.4, 0.5) is 10.5 Å². The standard InChI is InChI=1S/C19H22N4O3/c1-5-10-22-14-9-7-6-8-12(14)15-13(16(20)24)11-23(18(26)21(3)4)19(15,2)17(22)25/h1,6-9,13,15H,10-11H2,2-4H3,(H2,20,24)/t13-,15+,19-/m0/s1. The average molecular weight is 354 g/mol. The molecular formula is C19H22N4O3. The predicted octanol–water partition coefficient (Wildman–Crippen LogP) is 0.607. The number of para-hydroxylation sites is 1. The average Bonchev–Trinajstić information content (AvgIpc) is 2.93. The molecule has 1 aromatic rings. The summed E-state index contributed by atoms with van der Waals surface area (Å²) in [4.78, 5) is 42.8. The minimum Gasteiger partial charge on any atom is -0.369 e. The molecule has 1 fully saturated rings. The maximum absolute atomic E-state index is 13.5. The SMILES string of the molecule is C#CCN1C(=O)[C@]2(C)[C@H](c3ccccc31)[C@@H](C(N)=O)CN2C(=O)N(C)C. The molecule has 0 spiro atoms. The van der Waals surface area contributed by atoms with E-state index in [9.17, 15) is 14.4 Å². The van der Waals surface area contributed by atoms with E-state index in [0.29, 0.717) is 5.69 Å². The number of terminal acetylenes is 1. The molecule has 7 nitrogen and oxygen atoms in total. The third-order valence-electron chi connectivity index (χ3n) is 5.42. The molecule has 0 aliphatic carbocycles. The summed E-state index contributed by atoms with van der Waals surface area (Å²) in [6, 6.07) is 6.99. The Bertz CT molecular complexity index is 828. The minimum absolute atomic E-state index is 0.0867. The number of fused-ring (bicyclic) bond motifs is 3. The van der Waals surface area contributed by atoms with E-state index >= 15 is 0 Å². The van der Waals surface area contributed by atoms with Crippen molar-refractivity contribution in [3.05, 3.63) is 29.8 Å². The lowest BCUT2D eigenvalue weighted by atomic mass is 9.72. The molecule has 2 aliphatic heterocycles. The van der Waals surface area contributed by atoms with Crippen LogP contribution in [0.25, 0.3) is 0 Å². The Labute approximate surface area is 152 Å². The van der Waals surface area contributed by atoms with Crippen LogP contribution >= 0.6 is 0 Å². The van der Waals surface area contributed by atoms with Gasteiger partial charge in [0.05, 0.1) is 12.5 Å². The number of carbonyl (C=O) groups is 3. The van der Waals surface area contributed by atoms with Gasteiger partial charge in [0.15, 0.2) is 0 Å². The van der Waals surface area contributed by atoms with Crippen molar-refractivity contribution in [3.8, 4) is 12.3 Å². The van der Waals surface area contributed by atoms with Gasteiger partial charge in [0.25, 0.3) is 5.91 Å². The van der Waals surface area contributed by atoms with Crippen molar-refractivity contribution in [2.75, 3.05) is 32.1 Å². The molecule has 4 amide bonds. The maximum Gasteiger partial charge on any atom is 0.320 e. The summed E-state index contributed by atoms with van der Waals surface area (Å²) < 4.78 is 0. The van der Waals surface area contributed by atoms with Gasteiger partial charge in [-0.15, -0.1) is 6.42 Å². The van der Waals surface area contributed by atoms with E-state index in [4.69, 9.17) is 12.2 Å². The first kappa shape index (κ1) is 17.8. The number of anilines is 1. The number of urea groups is 1. The van der Waals surface area contributed by atoms with E-state index in [-0.39, 0.29) is 25.0 Å². The van der Waals surface area contributed by atoms with Crippen LogP contribution in [-0.2, 0) is 9.59 Å². The summed E-state index contributed by atoms with van der Waals surface area (Å²) in [7, 11) is 3.22. The highest BCUT2D eigenvalue weighted by Crippen LogP contribution is 2.52. The summed E-state index contributed by atoms with van der Waals surface area (Å²) in [5.74, 6) is 0.525. The molecule has 0 bridgehead atoms. The third-order valence-corrected chi connectivity index (χ3v) is 5.42. The van der Waals surface area contributed by atoms with Gasteiger partial charge in [-0.25, -0.2) is 4.79 Å². The Balaban J connectivity index is 2.25. The summed E-state index contributed by atoms with van der Waals surface area (Å²) in [5, 5.41) is 0. The molecule has 7 heteroatoms. The number of nitrogens with two attached hydrogens (primary N) is 1. The van der Waals surface area contributed by atoms with Gasteiger partial charge < -0.3 is 15.5 Å². The van der Waals surface area contributed by atoms with Crippen LogP contribution in [-0.4, -0.2) is 60.4 Å². The number of rotatable bonds is 2. The van der Waals surface area contributed by atoms with Crippen LogP contribution in [0.1, 0.15) is 18.4 Å². The monoisotopic (exact) mass is 354 g/mol. The lowest BCUT2D eigenvalue weighted by molar-refractivity contribution is -0.128. The molecule has 26 heavy (non-hydrogen) atoms. The van der Waals surface area contributed by atoms with Crippen LogP contribution in [0.5, 0.6) is 0 Å². The van der Waals surface area contributed by atoms with E-state index in [1.54, 1.807) is 27.1 Å². The van der Waals surface area contributed by atoms with Crippen LogP contribution < -0.4 is 10.6 Å². The number of benzene rings is 1. The van der Waals surface area contributed by atoms with E-state index in [1.807, 2.05) is 18.2 Å². The molecule has 3 rings (SSSR count). The topological polar surface area (TPSA) is 87.0 Å². The number of hydrogen-bond acceptors (Lipinski definition) is 3. The molecule has 0 aromatic heterocycles. The Hall–Kier alpha value is -3.01. The highest BCUT2D eigenvalue weighted by Gasteiger charge is 2.63. The first-order chi connectivity index (χ1) is 12.2. The van der Waals surface area contributed by atoms with Gasteiger partial charge in [-0.1, -0.05) is 24.1 Å². The number of likely N-dealkylation sites (tertiary alicyclic amines) is 1. The Morgan fingerprint density at radius 2 is 2.04 bits per heavy atom. The molecule has 3 atom stereocenters. The summed E-state index contributed by atoms with van der Waals surface area (Å²) in [5.41, 5.74) is 5.90. The largest absolute Gasteiger partial charge is 0.369 e. The van der Waals surface area contributed by atoms with Crippen molar-refractivity contribution in [3.63, 3.8) is 0 Å². The van der Waals surface area contributed by atoms with Gasteiger partial charge >= 0.3 is 6.03 Å². The predicted molar refractivity (Wildman–Crippen MR) is 97.2 cm³/mol. The van der Waals surface area contributed by atoms with Crippen LogP contribution in [0.2, 0.25) is 0 Å².